The number of nitriles is 1. The second-order valence-electron chi connectivity index (χ2n) is 6.57. The van der Waals surface area contributed by atoms with E-state index in [1.807, 2.05) is 6.19 Å². The summed E-state index contributed by atoms with van der Waals surface area (Å²) in [5, 5.41) is 9.15. The zero-order valence-corrected chi connectivity index (χ0v) is 17.9. The van der Waals surface area contributed by atoms with Crippen LogP contribution in [0.2, 0.25) is 0 Å². The monoisotopic (exact) mass is 485 g/mol. The van der Waals surface area contributed by atoms with Crippen molar-refractivity contribution in [2.45, 2.75) is 23.9 Å². The van der Waals surface area contributed by atoms with Crippen molar-refractivity contribution in [2.75, 3.05) is 20.2 Å². The fraction of sp³-hybridized carbons (Fsp3) is 0.316. The van der Waals surface area contributed by atoms with Crippen molar-refractivity contribution in [3.05, 3.63) is 58.1 Å². The molecule has 1 fully saturated rings. The highest BCUT2D eigenvalue weighted by Crippen LogP contribution is 2.33. The normalized spacial score (nSPS) is 16.8. The van der Waals surface area contributed by atoms with Crippen LogP contribution in [-0.4, -0.2) is 43.9 Å². The molecular weight excluding hydrogens is 468 g/mol. The first-order chi connectivity index (χ1) is 13.8. The van der Waals surface area contributed by atoms with Gasteiger partial charge in [0.05, 0.1) is 7.11 Å². The van der Waals surface area contributed by atoms with E-state index < -0.39 is 27.7 Å². The van der Waals surface area contributed by atoms with E-state index >= 15 is 0 Å². The third kappa shape index (κ3) is 4.52. The largest absolute Gasteiger partial charge is 0.495 e. The average Bonchev–Trinajstić information content (AvgIpc) is 3.17. The third-order valence-electron chi connectivity index (χ3n) is 4.76. The van der Waals surface area contributed by atoms with Crippen LogP contribution in [0.4, 0.5) is 8.78 Å². The summed E-state index contributed by atoms with van der Waals surface area (Å²) in [5.41, 5.74) is -0.0852. The second-order valence-corrected chi connectivity index (χ2v) is 9.34. The molecule has 0 saturated carbocycles. The zero-order valence-electron chi connectivity index (χ0n) is 15.5. The molecule has 0 aromatic heterocycles. The minimum Gasteiger partial charge on any atom is -0.495 e. The highest BCUT2D eigenvalue weighted by atomic mass is 79.9. The van der Waals surface area contributed by atoms with Gasteiger partial charge in [0.25, 0.3) is 0 Å². The van der Waals surface area contributed by atoms with Crippen molar-refractivity contribution in [1.29, 1.82) is 5.26 Å². The Bertz CT molecular complexity index is 1060. The summed E-state index contributed by atoms with van der Waals surface area (Å²) in [6.45, 7) is 0.183. The molecule has 0 radical (unpaired) electrons. The first-order valence-electron chi connectivity index (χ1n) is 8.70. The van der Waals surface area contributed by atoms with Crippen LogP contribution in [0.3, 0.4) is 0 Å². The second kappa shape index (κ2) is 8.65. The quantitative estimate of drug-likeness (QED) is 0.585. The first kappa shape index (κ1) is 21.5. The van der Waals surface area contributed by atoms with Crippen LogP contribution < -0.4 is 4.74 Å². The number of ether oxygens (including phenoxy) is 1. The van der Waals surface area contributed by atoms with Gasteiger partial charge in [-0.25, -0.2) is 17.2 Å². The topological polar surface area (TPSA) is 73.6 Å². The Labute approximate surface area is 176 Å². The van der Waals surface area contributed by atoms with E-state index in [1.165, 1.54) is 24.1 Å². The molecule has 0 unspecified atom stereocenters. The van der Waals surface area contributed by atoms with Crippen molar-refractivity contribution in [3.63, 3.8) is 0 Å². The molecule has 1 heterocycles. The van der Waals surface area contributed by atoms with Gasteiger partial charge in [0, 0.05) is 35.7 Å². The summed E-state index contributed by atoms with van der Waals surface area (Å²) >= 11 is 3.26. The molecule has 2 aromatic rings. The van der Waals surface area contributed by atoms with Gasteiger partial charge in [-0.05, 0) is 42.8 Å². The molecule has 0 N–H and O–H groups in total. The number of benzene rings is 2. The standard InChI is InChI=1S/C19H18BrF2N3O3S/c1-28-18-5-2-14(20)9-19(18)29(26,27)25(16-6-7-24(11-16)12-23)10-13-8-15(21)3-4-17(13)22/h2-5,8-9,16H,6-7,10-11H2,1H3/t16-/m1/s1. The van der Waals surface area contributed by atoms with Gasteiger partial charge < -0.3 is 9.64 Å². The smallest absolute Gasteiger partial charge is 0.247 e. The number of hydrogen-bond donors (Lipinski definition) is 0. The Balaban J connectivity index is 2.08. The lowest BCUT2D eigenvalue weighted by molar-refractivity contribution is 0.308. The molecule has 1 aliphatic rings. The van der Waals surface area contributed by atoms with E-state index in [4.69, 9.17) is 10.00 Å². The van der Waals surface area contributed by atoms with Gasteiger partial charge in [0.1, 0.15) is 22.3 Å². The molecule has 10 heteroatoms. The van der Waals surface area contributed by atoms with E-state index in [0.717, 1.165) is 22.5 Å². The Morgan fingerprint density at radius 3 is 2.72 bits per heavy atom. The van der Waals surface area contributed by atoms with Crippen LogP contribution in [0.15, 0.2) is 45.8 Å². The van der Waals surface area contributed by atoms with Gasteiger partial charge in [-0.15, -0.1) is 0 Å². The molecule has 0 amide bonds. The number of methoxy groups -OCH3 is 1. The fourth-order valence-corrected chi connectivity index (χ4v) is 5.61. The summed E-state index contributed by atoms with van der Waals surface area (Å²) in [4.78, 5) is 1.34. The maximum Gasteiger partial charge on any atom is 0.247 e. The van der Waals surface area contributed by atoms with Crippen LogP contribution in [0.1, 0.15) is 12.0 Å². The van der Waals surface area contributed by atoms with Crippen LogP contribution in [-0.2, 0) is 16.6 Å². The molecule has 0 aliphatic carbocycles. The Morgan fingerprint density at radius 2 is 2.07 bits per heavy atom. The summed E-state index contributed by atoms with van der Waals surface area (Å²) in [6, 6.07) is 6.89. The van der Waals surface area contributed by atoms with E-state index in [2.05, 4.69) is 15.9 Å². The van der Waals surface area contributed by atoms with Gasteiger partial charge in [-0.3, -0.25) is 0 Å². The predicted octanol–water partition coefficient (Wildman–Crippen LogP) is 3.48. The number of hydrogen-bond acceptors (Lipinski definition) is 5. The lowest BCUT2D eigenvalue weighted by Gasteiger charge is -2.28. The van der Waals surface area contributed by atoms with Crippen LogP contribution in [0.25, 0.3) is 0 Å². The van der Waals surface area contributed by atoms with Gasteiger partial charge in [-0.1, -0.05) is 15.9 Å². The van der Waals surface area contributed by atoms with Crippen molar-refractivity contribution in [2.24, 2.45) is 0 Å². The van der Waals surface area contributed by atoms with Gasteiger partial charge in [-0.2, -0.15) is 9.57 Å². The van der Waals surface area contributed by atoms with E-state index in [9.17, 15) is 17.2 Å². The molecule has 0 spiro atoms. The maximum atomic E-state index is 14.3. The number of nitrogens with zero attached hydrogens (tertiary/aromatic N) is 3. The van der Waals surface area contributed by atoms with Crippen molar-refractivity contribution >= 4 is 26.0 Å². The van der Waals surface area contributed by atoms with Crippen LogP contribution in [0.5, 0.6) is 5.75 Å². The Kier molecular flexibility index (Phi) is 6.41. The molecule has 0 bridgehead atoms. The Hall–Kier alpha value is -2.22. The van der Waals surface area contributed by atoms with Crippen LogP contribution in [0, 0.1) is 23.1 Å². The number of sulfonamides is 1. The molecule has 154 valence electrons. The van der Waals surface area contributed by atoms with Gasteiger partial charge in [0.2, 0.25) is 10.0 Å². The molecule has 1 saturated heterocycles. The van der Waals surface area contributed by atoms with E-state index in [1.54, 1.807) is 6.07 Å². The number of likely N-dealkylation sites (tertiary alicyclic amines) is 1. The predicted molar refractivity (Wildman–Crippen MR) is 105 cm³/mol. The van der Waals surface area contributed by atoms with Gasteiger partial charge in [0.15, 0.2) is 6.19 Å². The minimum atomic E-state index is -4.16. The van der Waals surface area contributed by atoms with E-state index in [0.29, 0.717) is 17.4 Å². The molecule has 3 rings (SSSR count). The number of rotatable bonds is 6. The maximum absolute atomic E-state index is 14.3. The summed E-state index contributed by atoms with van der Waals surface area (Å²) in [6.07, 6.45) is 2.39. The van der Waals surface area contributed by atoms with Crippen molar-refractivity contribution in [3.8, 4) is 11.9 Å². The average molecular weight is 486 g/mol. The van der Waals surface area contributed by atoms with Gasteiger partial charge >= 0.3 is 0 Å². The summed E-state index contributed by atoms with van der Waals surface area (Å²) < 4.78 is 61.9. The third-order valence-corrected chi connectivity index (χ3v) is 7.17. The van der Waals surface area contributed by atoms with Crippen molar-refractivity contribution < 1.29 is 21.9 Å². The minimum absolute atomic E-state index is 0.0852. The number of halogens is 3. The highest BCUT2D eigenvalue weighted by Gasteiger charge is 2.38. The fourth-order valence-electron chi connectivity index (χ4n) is 3.29. The molecule has 6 nitrogen and oxygen atoms in total. The molecular formula is C19H18BrF2N3O3S. The molecule has 2 aromatic carbocycles. The molecule has 1 aliphatic heterocycles. The Morgan fingerprint density at radius 1 is 1.31 bits per heavy atom. The zero-order chi connectivity index (χ0) is 21.2. The summed E-state index contributed by atoms with van der Waals surface area (Å²) in [5.74, 6) is -1.24. The SMILES string of the molecule is COc1ccc(Br)cc1S(=O)(=O)N(Cc1cc(F)ccc1F)[C@@H]1CCN(C#N)C1. The van der Waals surface area contributed by atoms with E-state index in [-0.39, 0.29) is 29.3 Å². The van der Waals surface area contributed by atoms with Crippen LogP contribution >= 0.6 is 15.9 Å². The summed E-state index contributed by atoms with van der Waals surface area (Å²) in [7, 11) is -2.80. The van der Waals surface area contributed by atoms with Crippen molar-refractivity contribution in [1.82, 2.24) is 9.21 Å². The lowest BCUT2D eigenvalue weighted by Crippen LogP contribution is -2.41. The molecule has 29 heavy (non-hydrogen) atoms. The lowest BCUT2D eigenvalue weighted by atomic mass is 10.2. The highest BCUT2D eigenvalue weighted by molar-refractivity contribution is 9.10. The molecule has 1 atom stereocenters. The first-order valence-corrected chi connectivity index (χ1v) is 10.9.